The van der Waals surface area contributed by atoms with E-state index in [0.717, 1.165) is 10.9 Å². The lowest BCUT2D eigenvalue weighted by molar-refractivity contribution is 0.0920. The van der Waals surface area contributed by atoms with Crippen molar-refractivity contribution >= 4 is 27.2 Å². The molecule has 0 saturated carbocycles. The van der Waals surface area contributed by atoms with E-state index in [0.29, 0.717) is 6.54 Å². The van der Waals surface area contributed by atoms with Crippen LogP contribution in [-0.4, -0.2) is 15.3 Å². The minimum atomic E-state index is -0.0489. The van der Waals surface area contributed by atoms with Crippen LogP contribution in [0.5, 0.6) is 0 Å². The second-order valence-corrected chi connectivity index (χ2v) is 5.58. The third-order valence-corrected chi connectivity index (χ3v) is 4.20. The molecule has 4 heteroatoms. The van der Waals surface area contributed by atoms with Crippen LogP contribution in [0.1, 0.15) is 17.3 Å². The summed E-state index contributed by atoms with van der Waals surface area (Å²) in [6.45, 7) is 2.64. The molecule has 0 radical (unpaired) electrons. The van der Waals surface area contributed by atoms with Crippen molar-refractivity contribution in [2.45, 2.75) is 13.5 Å². The number of rotatable bonds is 4. The highest BCUT2D eigenvalue weighted by atomic mass is 32.1. The molecule has 96 valence electrons. The Morgan fingerprint density at radius 2 is 2.26 bits per heavy atom. The van der Waals surface area contributed by atoms with Crippen LogP contribution in [-0.2, 0) is 6.54 Å². The zero-order valence-corrected chi connectivity index (χ0v) is 11.4. The SMILES string of the molecule is CC(Cn1ccnc1)C(=O)c1csc2ccccc12. The summed E-state index contributed by atoms with van der Waals surface area (Å²) in [6.07, 6.45) is 5.36. The highest BCUT2D eigenvalue weighted by Gasteiger charge is 2.18. The van der Waals surface area contributed by atoms with Crippen molar-refractivity contribution in [1.29, 1.82) is 0 Å². The number of Topliss-reactive ketones (excluding diaryl/α,β-unsaturated/α-hetero) is 1. The summed E-state index contributed by atoms with van der Waals surface area (Å²) in [6, 6.07) is 8.05. The molecule has 0 aliphatic carbocycles. The number of benzene rings is 1. The average molecular weight is 270 g/mol. The monoisotopic (exact) mass is 270 g/mol. The molecule has 0 fully saturated rings. The zero-order valence-electron chi connectivity index (χ0n) is 10.6. The van der Waals surface area contributed by atoms with Crippen molar-refractivity contribution in [3.63, 3.8) is 0 Å². The number of carbonyl (C=O) groups is 1. The van der Waals surface area contributed by atoms with Crippen molar-refractivity contribution in [3.8, 4) is 0 Å². The van der Waals surface area contributed by atoms with E-state index in [1.807, 2.05) is 41.3 Å². The third kappa shape index (κ3) is 2.31. The van der Waals surface area contributed by atoms with E-state index in [1.165, 1.54) is 4.70 Å². The lowest BCUT2D eigenvalue weighted by atomic mass is 9.99. The summed E-state index contributed by atoms with van der Waals surface area (Å²) in [7, 11) is 0. The fraction of sp³-hybridized carbons (Fsp3) is 0.200. The summed E-state index contributed by atoms with van der Waals surface area (Å²) in [5, 5.41) is 3.03. The molecule has 0 aliphatic heterocycles. The highest BCUT2D eigenvalue weighted by Crippen LogP contribution is 2.27. The first-order valence-electron chi connectivity index (χ1n) is 6.22. The van der Waals surface area contributed by atoms with Gasteiger partial charge in [-0.25, -0.2) is 4.98 Å². The fourth-order valence-electron chi connectivity index (χ4n) is 2.23. The average Bonchev–Trinajstić information content (AvgIpc) is 3.06. The molecule has 0 amide bonds. The van der Waals surface area contributed by atoms with Gasteiger partial charge in [-0.3, -0.25) is 4.79 Å². The van der Waals surface area contributed by atoms with Gasteiger partial charge in [0.1, 0.15) is 0 Å². The van der Waals surface area contributed by atoms with Gasteiger partial charge in [-0.1, -0.05) is 25.1 Å². The summed E-state index contributed by atoms with van der Waals surface area (Å²) >= 11 is 1.63. The maximum absolute atomic E-state index is 12.5. The molecular formula is C15H14N2OS. The van der Waals surface area contributed by atoms with Crippen molar-refractivity contribution in [1.82, 2.24) is 9.55 Å². The van der Waals surface area contributed by atoms with E-state index in [2.05, 4.69) is 11.1 Å². The van der Waals surface area contributed by atoms with E-state index in [-0.39, 0.29) is 11.7 Å². The Bertz CT molecular complexity index is 700. The standard InChI is InChI=1S/C15H14N2OS/c1-11(8-17-7-6-16-10-17)15(18)13-9-19-14-5-3-2-4-12(13)14/h2-7,9-11H,8H2,1H3. The molecule has 0 spiro atoms. The van der Waals surface area contributed by atoms with Gasteiger partial charge in [-0.15, -0.1) is 11.3 Å². The Hall–Kier alpha value is -1.94. The topological polar surface area (TPSA) is 34.9 Å². The molecular weight excluding hydrogens is 256 g/mol. The number of hydrogen-bond acceptors (Lipinski definition) is 3. The van der Waals surface area contributed by atoms with E-state index in [9.17, 15) is 4.79 Å². The van der Waals surface area contributed by atoms with Gasteiger partial charge in [0, 0.05) is 45.9 Å². The van der Waals surface area contributed by atoms with Crippen molar-refractivity contribution < 1.29 is 4.79 Å². The number of carbonyl (C=O) groups excluding carboxylic acids is 1. The number of imidazole rings is 1. The maximum Gasteiger partial charge on any atom is 0.168 e. The van der Waals surface area contributed by atoms with Gasteiger partial charge < -0.3 is 4.57 Å². The minimum Gasteiger partial charge on any atom is -0.337 e. The van der Waals surface area contributed by atoms with Crippen molar-refractivity contribution in [2.75, 3.05) is 0 Å². The largest absolute Gasteiger partial charge is 0.337 e. The molecule has 3 nitrogen and oxygen atoms in total. The number of hydrogen-bond donors (Lipinski definition) is 0. The summed E-state index contributed by atoms with van der Waals surface area (Å²) in [5.41, 5.74) is 0.841. The van der Waals surface area contributed by atoms with Crippen LogP contribution >= 0.6 is 11.3 Å². The Kier molecular flexibility index (Phi) is 3.17. The van der Waals surface area contributed by atoms with Gasteiger partial charge in [0.25, 0.3) is 0 Å². The van der Waals surface area contributed by atoms with E-state index in [4.69, 9.17) is 0 Å². The lowest BCUT2D eigenvalue weighted by Gasteiger charge is -2.10. The van der Waals surface area contributed by atoms with Crippen LogP contribution in [0.3, 0.4) is 0 Å². The van der Waals surface area contributed by atoms with E-state index in [1.54, 1.807) is 23.9 Å². The van der Waals surface area contributed by atoms with E-state index >= 15 is 0 Å². The molecule has 1 atom stereocenters. The number of thiophene rings is 1. The van der Waals surface area contributed by atoms with Gasteiger partial charge in [-0.2, -0.15) is 0 Å². The van der Waals surface area contributed by atoms with Gasteiger partial charge in [0.2, 0.25) is 0 Å². The fourth-order valence-corrected chi connectivity index (χ4v) is 3.18. The summed E-state index contributed by atoms with van der Waals surface area (Å²) in [4.78, 5) is 16.5. The Balaban J connectivity index is 1.87. The highest BCUT2D eigenvalue weighted by molar-refractivity contribution is 7.17. The first-order chi connectivity index (χ1) is 9.25. The Morgan fingerprint density at radius 1 is 1.42 bits per heavy atom. The van der Waals surface area contributed by atoms with Gasteiger partial charge in [0.15, 0.2) is 5.78 Å². The van der Waals surface area contributed by atoms with Crippen molar-refractivity contribution in [3.05, 3.63) is 53.9 Å². The van der Waals surface area contributed by atoms with Crippen LogP contribution in [0.4, 0.5) is 0 Å². The minimum absolute atomic E-state index is 0.0489. The van der Waals surface area contributed by atoms with Gasteiger partial charge in [-0.05, 0) is 6.07 Å². The molecule has 1 aromatic carbocycles. The molecule has 19 heavy (non-hydrogen) atoms. The molecule has 3 rings (SSSR count). The predicted octanol–water partition coefficient (Wildman–Crippen LogP) is 3.62. The van der Waals surface area contributed by atoms with Gasteiger partial charge in [0.05, 0.1) is 6.33 Å². The third-order valence-electron chi connectivity index (χ3n) is 3.24. The van der Waals surface area contributed by atoms with Crippen LogP contribution in [0.25, 0.3) is 10.1 Å². The molecule has 0 saturated heterocycles. The van der Waals surface area contributed by atoms with Crippen molar-refractivity contribution in [2.24, 2.45) is 5.92 Å². The molecule has 3 aromatic rings. The zero-order chi connectivity index (χ0) is 13.2. The van der Waals surface area contributed by atoms with Crippen LogP contribution in [0.2, 0.25) is 0 Å². The molecule has 1 unspecified atom stereocenters. The molecule has 0 aliphatic rings. The Labute approximate surface area is 115 Å². The number of nitrogens with zero attached hydrogens (tertiary/aromatic N) is 2. The number of ketones is 1. The summed E-state index contributed by atoms with van der Waals surface area (Å²) < 4.78 is 3.11. The maximum atomic E-state index is 12.5. The van der Waals surface area contributed by atoms with Gasteiger partial charge >= 0.3 is 0 Å². The van der Waals surface area contributed by atoms with E-state index < -0.39 is 0 Å². The first kappa shape index (κ1) is 12.1. The molecule has 0 N–H and O–H groups in total. The molecule has 2 heterocycles. The normalized spacial score (nSPS) is 12.7. The predicted molar refractivity (Wildman–Crippen MR) is 77.5 cm³/mol. The summed E-state index contributed by atoms with van der Waals surface area (Å²) in [5.74, 6) is 0.151. The molecule has 2 aromatic heterocycles. The second kappa shape index (κ2) is 4.97. The van der Waals surface area contributed by atoms with Crippen LogP contribution in [0, 0.1) is 5.92 Å². The number of fused-ring (bicyclic) bond motifs is 1. The lowest BCUT2D eigenvalue weighted by Crippen LogP contribution is -2.16. The first-order valence-corrected chi connectivity index (χ1v) is 7.10. The number of aromatic nitrogens is 2. The Morgan fingerprint density at radius 3 is 3.05 bits per heavy atom. The van der Waals surface area contributed by atoms with Crippen LogP contribution < -0.4 is 0 Å². The molecule has 0 bridgehead atoms. The quantitative estimate of drug-likeness (QED) is 0.679. The van der Waals surface area contributed by atoms with Crippen LogP contribution in [0.15, 0.2) is 48.4 Å². The smallest absolute Gasteiger partial charge is 0.168 e. The second-order valence-electron chi connectivity index (χ2n) is 4.67.